The van der Waals surface area contributed by atoms with Crippen molar-refractivity contribution in [2.24, 2.45) is 0 Å². The second-order valence-electron chi connectivity index (χ2n) is 5.27. The number of amides is 1. The molecule has 1 saturated heterocycles. The van der Waals surface area contributed by atoms with Crippen molar-refractivity contribution in [1.29, 1.82) is 0 Å². The van der Waals surface area contributed by atoms with Crippen LogP contribution in [-0.4, -0.2) is 19.0 Å². The highest BCUT2D eigenvalue weighted by Gasteiger charge is 2.20. The summed E-state index contributed by atoms with van der Waals surface area (Å²) in [6.45, 7) is 6.22. The molecule has 1 unspecified atom stereocenters. The van der Waals surface area contributed by atoms with Gasteiger partial charge in [0.05, 0.1) is 0 Å². The zero-order valence-corrected chi connectivity index (χ0v) is 12.0. The Labute approximate surface area is 116 Å². The normalized spacial score (nSPS) is 17.6. The van der Waals surface area contributed by atoms with Gasteiger partial charge in [0.25, 0.3) is 0 Å². The van der Waals surface area contributed by atoms with E-state index in [1.54, 1.807) is 0 Å². The summed E-state index contributed by atoms with van der Waals surface area (Å²) in [6.07, 6.45) is 3.96. The molecule has 0 radical (unpaired) electrons. The fourth-order valence-corrected chi connectivity index (χ4v) is 2.52. The van der Waals surface area contributed by atoms with Crippen LogP contribution in [0.15, 0.2) is 24.3 Å². The zero-order chi connectivity index (χ0) is 13.7. The molecule has 0 aromatic heterocycles. The lowest BCUT2D eigenvalue weighted by atomic mass is 10.0. The van der Waals surface area contributed by atoms with Crippen molar-refractivity contribution in [1.82, 2.24) is 5.32 Å². The molecule has 0 saturated carbocycles. The minimum Gasteiger partial charge on any atom is -0.312 e. The predicted molar refractivity (Wildman–Crippen MR) is 79.4 cm³/mol. The molecule has 1 aromatic rings. The molecule has 1 atom stereocenters. The third-order valence-corrected chi connectivity index (χ3v) is 3.71. The first-order chi connectivity index (χ1) is 9.22. The van der Waals surface area contributed by atoms with Crippen LogP contribution in [0.25, 0.3) is 0 Å². The maximum Gasteiger partial charge on any atom is 0.226 e. The first-order valence-corrected chi connectivity index (χ1v) is 7.36. The van der Waals surface area contributed by atoms with E-state index >= 15 is 0 Å². The molecule has 19 heavy (non-hydrogen) atoms. The van der Waals surface area contributed by atoms with Gasteiger partial charge in [-0.3, -0.25) is 4.79 Å². The van der Waals surface area contributed by atoms with Gasteiger partial charge in [0.1, 0.15) is 0 Å². The Bertz CT molecular complexity index is 431. The van der Waals surface area contributed by atoms with E-state index in [9.17, 15) is 4.79 Å². The minimum absolute atomic E-state index is 0.262. The van der Waals surface area contributed by atoms with Gasteiger partial charge in [0.2, 0.25) is 5.91 Å². The van der Waals surface area contributed by atoms with Crippen LogP contribution in [0.2, 0.25) is 0 Å². The summed E-state index contributed by atoms with van der Waals surface area (Å²) in [5.74, 6) is 0.262. The van der Waals surface area contributed by atoms with Crippen molar-refractivity contribution in [3.05, 3.63) is 29.8 Å². The number of nitrogens with zero attached hydrogens (tertiary/aromatic N) is 1. The van der Waals surface area contributed by atoms with Crippen LogP contribution < -0.4 is 10.2 Å². The smallest absolute Gasteiger partial charge is 0.226 e. The Kier molecular flexibility index (Phi) is 4.97. The Morgan fingerprint density at radius 3 is 2.95 bits per heavy atom. The van der Waals surface area contributed by atoms with Crippen LogP contribution in [0, 0.1) is 0 Å². The second-order valence-corrected chi connectivity index (χ2v) is 5.27. The third-order valence-electron chi connectivity index (χ3n) is 3.71. The van der Waals surface area contributed by atoms with Crippen LogP contribution >= 0.6 is 0 Å². The largest absolute Gasteiger partial charge is 0.312 e. The van der Waals surface area contributed by atoms with E-state index in [4.69, 9.17) is 0 Å². The second kappa shape index (κ2) is 6.71. The van der Waals surface area contributed by atoms with Gasteiger partial charge in [-0.15, -0.1) is 0 Å². The van der Waals surface area contributed by atoms with Crippen molar-refractivity contribution in [2.75, 3.05) is 18.0 Å². The number of carbonyl (C=O) groups excluding carboxylic acids is 1. The molecule has 3 heteroatoms. The number of hydrogen-bond donors (Lipinski definition) is 1. The lowest BCUT2D eigenvalue weighted by Crippen LogP contribution is -2.35. The van der Waals surface area contributed by atoms with Crippen LogP contribution in [0.1, 0.15) is 51.1 Å². The van der Waals surface area contributed by atoms with E-state index in [2.05, 4.69) is 37.4 Å². The summed E-state index contributed by atoms with van der Waals surface area (Å²) in [5.41, 5.74) is 2.30. The van der Waals surface area contributed by atoms with Crippen molar-refractivity contribution >= 4 is 11.6 Å². The van der Waals surface area contributed by atoms with Gasteiger partial charge < -0.3 is 10.2 Å². The van der Waals surface area contributed by atoms with Crippen LogP contribution in [0.5, 0.6) is 0 Å². The quantitative estimate of drug-likeness (QED) is 0.881. The summed E-state index contributed by atoms with van der Waals surface area (Å²) < 4.78 is 0. The Balaban J connectivity index is 2.11. The fraction of sp³-hybridized carbons (Fsp3) is 0.562. The highest BCUT2D eigenvalue weighted by atomic mass is 16.2. The Hall–Kier alpha value is -1.35. The van der Waals surface area contributed by atoms with Crippen molar-refractivity contribution in [3.63, 3.8) is 0 Å². The zero-order valence-electron chi connectivity index (χ0n) is 12.0. The molecule has 104 valence electrons. The average molecular weight is 260 g/mol. The van der Waals surface area contributed by atoms with Crippen LogP contribution in [0.4, 0.5) is 5.69 Å². The summed E-state index contributed by atoms with van der Waals surface area (Å²) >= 11 is 0. The van der Waals surface area contributed by atoms with Gasteiger partial charge in [-0.25, -0.2) is 0 Å². The number of hydrogen-bond acceptors (Lipinski definition) is 2. The van der Waals surface area contributed by atoms with E-state index < -0.39 is 0 Å². The predicted octanol–water partition coefficient (Wildman–Crippen LogP) is 3.26. The van der Waals surface area contributed by atoms with Gasteiger partial charge in [0, 0.05) is 24.7 Å². The monoisotopic (exact) mass is 260 g/mol. The molecule has 1 N–H and O–H groups in total. The highest BCUT2D eigenvalue weighted by Crippen LogP contribution is 2.24. The summed E-state index contributed by atoms with van der Waals surface area (Å²) in [5, 5.41) is 3.49. The molecule has 2 rings (SSSR count). The highest BCUT2D eigenvalue weighted by molar-refractivity contribution is 5.94. The fourth-order valence-electron chi connectivity index (χ4n) is 2.52. The maximum absolute atomic E-state index is 12.0. The van der Waals surface area contributed by atoms with Crippen molar-refractivity contribution in [3.8, 4) is 0 Å². The maximum atomic E-state index is 12.0. The van der Waals surface area contributed by atoms with E-state index in [-0.39, 0.29) is 5.91 Å². The molecule has 1 aromatic carbocycles. The first kappa shape index (κ1) is 14.1. The van der Waals surface area contributed by atoms with Crippen molar-refractivity contribution in [2.45, 2.75) is 45.6 Å². The molecular weight excluding hydrogens is 236 g/mol. The summed E-state index contributed by atoms with van der Waals surface area (Å²) in [7, 11) is 0. The SMILES string of the molecule is CCCNC(C)c1cccc(N2CCCCC2=O)c1. The molecule has 0 bridgehead atoms. The molecule has 1 fully saturated rings. The topological polar surface area (TPSA) is 32.3 Å². The number of anilines is 1. The number of benzene rings is 1. The van der Waals surface area contributed by atoms with Gasteiger partial charge in [-0.2, -0.15) is 0 Å². The molecular formula is C16H24N2O. The lowest BCUT2D eigenvalue weighted by molar-refractivity contribution is -0.119. The van der Waals surface area contributed by atoms with E-state index in [1.807, 2.05) is 11.0 Å². The van der Waals surface area contributed by atoms with E-state index in [0.29, 0.717) is 12.5 Å². The van der Waals surface area contributed by atoms with Crippen molar-refractivity contribution < 1.29 is 4.79 Å². The molecule has 0 spiro atoms. The number of carbonyl (C=O) groups is 1. The molecule has 1 heterocycles. The van der Waals surface area contributed by atoms with Gasteiger partial charge in [-0.1, -0.05) is 19.1 Å². The molecule has 1 aliphatic heterocycles. The summed E-state index contributed by atoms with van der Waals surface area (Å²) in [6, 6.07) is 8.71. The van der Waals surface area contributed by atoms with Gasteiger partial charge in [0.15, 0.2) is 0 Å². The number of piperidine rings is 1. The van der Waals surface area contributed by atoms with E-state index in [1.165, 1.54) is 5.56 Å². The average Bonchev–Trinajstić information content (AvgIpc) is 2.45. The molecule has 1 amide bonds. The Morgan fingerprint density at radius 2 is 2.21 bits per heavy atom. The van der Waals surface area contributed by atoms with Crippen LogP contribution in [0.3, 0.4) is 0 Å². The number of rotatable bonds is 5. The first-order valence-electron chi connectivity index (χ1n) is 7.36. The summed E-state index contributed by atoms with van der Waals surface area (Å²) in [4.78, 5) is 13.9. The van der Waals surface area contributed by atoms with E-state index in [0.717, 1.165) is 38.0 Å². The Morgan fingerprint density at radius 1 is 1.37 bits per heavy atom. The molecule has 0 aliphatic carbocycles. The minimum atomic E-state index is 0.262. The lowest BCUT2D eigenvalue weighted by Gasteiger charge is -2.27. The van der Waals surface area contributed by atoms with Gasteiger partial charge >= 0.3 is 0 Å². The number of nitrogens with one attached hydrogen (secondary N) is 1. The van der Waals surface area contributed by atoms with Crippen LogP contribution in [-0.2, 0) is 4.79 Å². The van der Waals surface area contributed by atoms with Gasteiger partial charge in [-0.05, 0) is 50.4 Å². The third kappa shape index (κ3) is 3.57. The molecule has 3 nitrogen and oxygen atoms in total. The molecule has 1 aliphatic rings. The standard InChI is InChI=1S/C16H24N2O/c1-3-10-17-13(2)14-7-6-8-15(12-14)18-11-5-4-9-16(18)19/h6-8,12-13,17H,3-5,9-11H2,1-2H3.